The first kappa shape index (κ1) is 14.8. The Labute approximate surface area is 122 Å². The molecular weight excluding hydrogens is 312 g/mol. The topological polar surface area (TPSA) is 63.5 Å². The largest absolute Gasteiger partial charge is 0.334 e. The quantitative estimate of drug-likeness (QED) is 0.344. The van der Waals surface area contributed by atoms with Crippen molar-refractivity contribution in [1.82, 2.24) is 4.90 Å². The van der Waals surface area contributed by atoms with Gasteiger partial charge in [0.2, 0.25) is 11.9 Å². The van der Waals surface area contributed by atoms with Crippen LogP contribution in [0.15, 0.2) is 0 Å². The first-order valence-electron chi connectivity index (χ1n) is 6.97. The highest BCUT2D eigenvalue weighted by Gasteiger charge is 2.61. The third kappa shape index (κ3) is 2.39. The number of alkyl halides is 1. The molecule has 0 spiro atoms. The van der Waals surface area contributed by atoms with Crippen LogP contribution in [0.4, 0.5) is 0 Å². The number of rotatable bonds is 4. The summed E-state index contributed by atoms with van der Waals surface area (Å²) < 4.78 is 0. The van der Waals surface area contributed by atoms with Gasteiger partial charge in [0.15, 0.2) is 0 Å². The third-order valence-corrected chi connectivity index (χ3v) is 5.81. The Morgan fingerprint density at radius 2 is 2.05 bits per heavy atom. The number of nitrogens with zero attached hydrogens (tertiary/aromatic N) is 2. The predicted molar refractivity (Wildman–Crippen MR) is 75.8 cm³/mol. The Bertz CT molecular complexity index is 360. The molecule has 3 atom stereocenters. The van der Waals surface area contributed by atoms with Crippen molar-refractivity contribution >= 4 is 22.3 Å². The van der Waals surface area contributed by atoms with Gasteiger partial charge in [-0.15, -0.1) is 0 Å². The molecule has 0 aromatic heterocycles. The maximum Gasteiger partial charge on any atom is 0.244 e. The maximum atomic E-state index is 11.6. The molecule has 6 heteroatoms. The smallest absolute Gasteiger partial charge is 0.244 e. The highest BCUT2D eigenvalue weighted by atomic mass is 79.9. The lowest BCUT2D eigenvalue weighted by Gasteiger charge is -2.36. The van der Waals surface area contributed by atoms with Crippen molar-refractivity contribution in [3.63, 3.8) is 0 Å². The average molecular weight is 333 g/mol. The molecule has 0 radical (unpaired) electrons. The number of carbonyl (C=O) groups excluding carboxylic acids is 1. The minimum absolute atomic E-state index is 0.111. The Morgan fingerprint density at radius 1 is 1.42 bits per heavy atom. The first-order valence-corrected chi connectivity index (χ1v) is 8.09. The number of hydrogen-bond acceptors (Lipinski definition) is 3. The van der Waals surface area contributed by atoms with E-state index in [2.05, 4.69) is 15.9 Å². The van der Waals surface area contributed by atoms with E-state index in [-0.39, 0.29) is 22.8 Å². The average Bonchev–Trinajstić information content (AvgIpc) is 2.73. The zero-order valence-corrected chi connectivity index (χ0v) is 12.8. The van der Waals surface area contributed by atoms with Crippen LogP contribution in [0.3, 0.4) is 0 Å². The van der Waals surface area contributed by atoms with Gasteiger partial charge in [0, 0.05) is 23.7 Å². The van der Waals surface area contributed by atoms with Crippen molar-refractivity contribution < 1.29 is 9.72 Å². The second kappa shape index (κ2) is 5.77. The third-order valence-electron chi connectivity index (χ3n) is 5.03. The van der Waals surface area contributed by atoms with Crippen LogP contribution in [0.5, 0.6) is 0 Å². The molecule has 2 rings (SSSR count). The van der Waals surface area contributed by atoms with Crippen LogP contribution in [0.25, 0.3) is 0 Å². The zero-order valence-electron chi connectivity index (χ0n) is 11.3. The molecule has 19 heavy (non-hydrogen) atoms. The summed E-state index contributed by atoms with van der Waals surface area (Å²) in [5, 5.41) is 12.2. The Hall–Kier alpha value is -0.650. The SMILES string of the molecule is CC1([N+](=O)[O-])C(CBr)CN(C=O)C1C1CCCCC1. The summed E-state index contributed by atoms with van der Waals surface area (Å²) in [5.41, 5.74) is -1.02. The first-order chi connectivity index (χ1) is 9.05. The van der Waals surface area contributed by atoms with E-state index in [0.29, 0.717) is 11.9 Å². The molecule has 5 nitrogen and oxygen atoms in total. The van der Waals surface area contributed by atoms with Crippen LogP contribution in [-0.2, 0) is 4.79 Å². The molecule has 0 aromatic rings. The number of likely N-dealkylation sites (tertiary alicyclic amines) is 1. The van der Waals surface area contributed by atoms with Crippen molar-refractivity contribution in [2.24, 2.45) is 11.8 Å². The highest BCUT2D eigenvalue weighted by molar-refractivity contribution is 9.09. The van der Waals surface area contributed by atoms with Crippen LogP contribution in [-0.4, -0.2) is 39.7 Å². The van der Waals surface area contributed by atoms with Crippen LogP contribution >= 0.6 is 15.9 Å². The van der Waals surface area contributed by atoms with E-state index in [9.17, 15) is 14.9 Å². The van der Waals surface area contributed by atoms with Crippen molar-refractivity contribution in [1.29, 1.82) is 0 Å². The molecule has 1 aliphatic heterocycles. The summed E-state index contributed by atoms with van der Waals surface area (Å²) in [6, 6.07) is -0.247. The molecule has 1 saturated heterocycles. The number of carbonyl (C=O) groups is 1. The molecule has 1 saturated carbocycles. The minimum Gasteiger partial charge on any atom is -0.334 e. The van der Waals surface area contributed by atoms with Gasteiger partial charge in [0.1, 0.15) is 6.04 Å². The van der Waals surface area contributed by atoms with E-state index < -0.39 is 5.54 Å². The van der Waals surface area contributed by atoms with Gasteiger partial charge >= 0.3 is 0 Å². The van der Waals surface area contributed by atoms with Crippen molar-refractivity contribution in [3.05, 3.63) is 10.1 Å². The van der Waals surface area contributed by atoms with Crippen LogP contribution in [0.1, 0.15) is 39.0 Å². The van der Waals surface area contributed by atoms with E-state index in [4.69, 9.17) is 0 Å². The van der Waals surface area contributed by atoms with Gasteiger partial charge in [0.05, 0.1) is 5.92 Å². The molecule has 0 aromatic carbocycles. The molecule has 3 unspecified atom stereocenters. The van der Waals surface area contributed by atoms with Crippen LogP contribution in [0, 0.1) is 22.0 Å². The molecule has 2 aliphatic rings. The van der Waals surface area contributed by atoms with Crippen LogP contribution < -0.4 is 0 Å². The summed E-state index contributed by atoms with van der Waals surface area (Å²) in [6.07, 6.45) is 6.28. The zero-order chi connectivity index (χ0) is 14.0. The van der Waals surface area contributed by atoms with Crippen molar-refractivity contribution in [2.45, 2.75) is 50.6 Å². The summed E-state index contributed by atoms with van der Waals surface area (Å²) in [5.74, 6) is 0.165. The second-order valence-corrected chi connectivity index (χ2v) is 6.63. The summed E-state index contributed by atoms with van der Waals surface area (Å²) in [7, 11) is 0. The Kier molecular flexibility index (Phi) is 4.48. The lowest BCUT2D eigenvalue weighted by Crippen LogP contribution is -2.54. The lowest BCUT2D eigenvalue weighted by molar-refractivity contribution is -0.577. The fourth-order valence-electron chi connectivity index (χ4n) is 3.90. The van der Waals surface area contributed by atoms with E-state index >= 15 is 0 Å². The van der Waals surface area contributed by atoms with Gasteiger partial charge in [-0.2, -0.15) is 0 Å². The van der Waals surface area contributed by atoms with E-state index in [0.717, 1.165) is 32.1 Å². The van der Waals surface area contributed by atoms with E-state index in [1.54, 1.807) is 11.8 Å². The van der Waals surface area contributed by atoms with Gasteiger partial charge in [0.25, 0.3) is 0 Å². The maximum absolute atomic E-state index is 11.6. The van der Waals surface area contributed by atoms with E-state index in [1.165, 1.54) is 6.42 Å². The molecule has 1 aliphatic carbocycles. The van der Waals surface area contributed by atoms with Gasteiger partial charge < -0.3 is 4.90 Å². The molecule has 2 fully saturated rings. The van der Waals surface area contributed by atoms with Gasteiger partial charge in [-0.1, -0.05) is 35.2 Å². The molecule has 0 bridgehead atoms. The van der Waals surface area contributed by atoms with Crippen molar-refractivity contribution in [2.75, 3.05) is 11.9 Å². The summed E-state index contributed by atoms with van der Waals surface area (Å²) in [4.78, 5) is 24.5. The number of amides is 1. The summed E-state index contributed by atoms with van der Waals surface area (Å²) >= 11 is 3.38. The van der Waals surface area contributed by atoms with Gasteiger partial charge in [-0.3, -0.25) is 14.9 Å². The van der Waals surface area contributed by atoms with Gasteiger partial charge in [-0.25, -0.2) is 0 Å². The minimum atomic E-state index is -1.02. The number of nitro groups is 1. The highest BCUT2D eigenvalue weighted by Crippen LogP contribution is 2.44. The predicted octanol–water partition coefficient (Wildman–Crippen LogP) is 2.45. The fourth-order valence-corrected chi connectivity index (χ4v) is 4.76. The van der Waals surface area contributed by atoms with Crippen molar-refractivity contribution in [3.8, 4) is 0 Å². The molecule has 0 N–H and O–H groups in total. The fraction of sp³-hybridized carbons (Fsp3) is 0.923. The molecule has 1 amide bonds. The number of hydrogen-bond donors (Lipinski definition) is 0. The molecule has 1 heterocycles. The van der Waals surface area contributed by atoms with E-state index in [1.807, 2.05) is 0 Å². The number of halogens is 1. The molecule has 108 valence electrons. The monoisotopic (exact) mass is 332 g/mol. The van der Waals surface area contributed by atoms with Gasteiger partial charge in [-0.05, 0) is 18.8 Å². The normalized spacial score (nSPS) is 36.4. The molecular formula is C13H21BrN2O3. The standard InChI is InChI=1S/C13H21BrN2O3/c1-13(16(18)19)11(7-14)8-15(9-17)12(13)10-5-3-2-4-6-10/h9-12H,2-8H2,1H3. The lowest BCUT2D eigenvalue weighted by atomic mass is 9.73. The van der Waals surface area contributed by atoms with Crippen LogP contribution in [0.2, 0.25) is 0 Å². The summed E-state index contributed by atoms with van der Waals surface area (Å²) in [6.45, 7) is 2.22. The Balaban J connectivity index is 2.33. The Morgan fingerprint density at radius 3 is 2.53 bits per heavy atom. The second-order valence-electron chi connectivity index (χ2n) is 5.98.